The second kappa shape index (κ2) is 9.60. The second-order valence-corrected chi connectivity index (χ2v) is 7.97. The van der Waals surface area contributed by atoms with Crippen molar-refractivity contribution in [2.45, 2.75) is 44.9 Å². The lowest BCUT2D eigenvalue weighted by atomic mass is 9.97. The largest absolute Gasteiger partial charge is 0.478 e. The second-order valence-electron chi connectivity index (χ2n) is 6.91. The summed E-state index contributed by atoms with van der Waals surface area (Å²) in [7, 11) is 0. The van der Waals surface area contributed by atoms with Crippen LogP contribution in [0.15, 0.2) is 41.3 Å². The fourth-order valence-corrected chi connectivity index (χ4v) is 4.17. The van der Waals surface area contributed by atoms with Gasteiger partial charge in [0.1, 0.15) is 0 Å². The van der Waals surface area contributed by atoms with E-state index in [2.05, 4.69) is 6.92 Å². The molecule has 0 heterocycles. The molecule has 27 heavy (non-hydrogen) atoms. The Morgan fingerprint density at radius 1 is 1.04 bits per heavy atom. The van der Waals surface area contributed by atoms with Gasteiger partial charge in [-0.1, -0.05) is 32.0 Å². The number of hydrogen-bond acceptors (Lipinski definition) is 3. The quantitative estimate of drug-likeness (QED) is 0.571. The van der Waals surface area contributed by atoms with E-state index in [1.807, 2.05) is 38.1 Å². The minimum absolute atomic E-state index is 0.356. The van der Waals surface area contributed by atoms with Gasteiger partial charge in [0, 0.05) is 10.6 Å². The molecular weight excluding hydrogens is 360 g/mol. The molecule has 5 heteroatoms. The zero-order valence-electron chi connectivity index (χ0n) is 16.0. The number of hydrogen-bond donors (Lipinski definition) is 2. The Hall–Kier alpha value is -2.27. The van der Waals surface area contributed by atoms with E-state index in [9.17, 15) is 19.8 Å². The van der Waals surface area contributed by atoms with Crippen LogP contribution in [0.4, 0.5) is 0 Å². The third-order valence-corrected chi connectivity index (χ3v) is 5.98. The zero-order valence-corrected chi connectivity index (χ0v) is 16.8. The van der Waals surface area contributed by atoms with Crippen LogP contribution in [0.5, 0.6) is 0 Å². The number of aryl methyl sites for hydroxylation is 3. The molecule has 1 atom stereocenters. The lowest BCUT2D eigenvalue weighted by molar-refractivity contribution is 0.0683. The van der Waals surface area contributed by atoms with Crippen molar-refractivity contribution in [3.63, 3.8) is 0 Å². The van der Waals surface area contributed by atoms with Crippen molar-refractivity contribution in [2.75, 3.05) is 5.75 Å². The van der Waals surface area contributed by atoms with Gasteiger partial charge in [-0.25, -0.2) is 9.59 Å². The normalized spacial score (nSPS) is 12.0. The molecule has 0 amide bonds. The van der Waals surface area contributed by atoms with Crippen LogP contribution in [0.1, 0.15) is 57.7 Å². The van der Waals surface area contributed by atoms with E-state index in [0.717, 1.165) is 40.2 Å². The lowest BCUT2D eigenvalue weighted by Gasteiger charge is -2.14. The maximum Gasteiger partial charge on any atom is 0.336 e. The van der Waals surface area contributed by atoms with E-state index < -0.39 is 11.9 Å². The van der Waals surface area contributed by atoms with Crippen LogP contribution in [0.25, 0.3) is 0 Å². The average molecular weight is 387 g/mol. The van der Waals surface area contributed by atoms with Gasteiger partial charge in [0.2, 0.25) is 0 Å². The lowest BCUT2D eigenvalue weighted by Crippen LogP contribution is -2.05. The van der Waals surface area contributed by atoms with Gasteiger partial charge in [0.25, 0.3) is 0 Å². The first-order valence-electron chi connectivity index (χ1n) is 9.13. The van der Waals surface area contributed by atoms with Crippen molar-refractivity contribution < 1.29 is 19.8 Å². The van der Waals surface area contributed by atoms with Crippen molar-refractivity contribution in [2.24, 2.45) is 5.92 Å². The van der Waals surface area contributed by atoms with E-state index in [-0.39, 0.29) is 0 Å². The van der Waals surface area contributed by atoms with Crippen molar-refractivity contribution in [1.82, 2.24) is 0 Å². The van der Waals surface area contributed by atoms with Crippen LogP contribution in [-0.2, 0) is 12.8 Å². The number of thioether (sulfide) groups is 1. The molecule has 0 bridgehead atoms. The van der Waals surface area contributed by atoms with Crippen molar-refractivity contribution >= 4 is 23.7 Å². The molecule has 1 unspecified atom stereocenters. The standard InChI is InChI=1S/C22H26O4S/c1-4-17-12-16(8-10-18(17)21(23)24)7-5-15(3)13-27-20-11-14(2)6-9-19(20)22(25)26/h6,8-12,15H,4-5,7,13H2,1-3H3,(H,23,24)(H,25,26). The third-order valence-electron chi connectivity index (χ3n) is 4.60. The highest BCUT2D eigenvalue weighted by Gasteiger charge is 2.13. The molecule has 0 saturated carbocycles. The number of carbonyl (C=O) groups is 2. The van der Waals surface area contributed by atoms with Crippen molar-refractivity contribution in [3.05, 3.63) is 64.2 Å². The summed E-state index contributed by atoms with van der Waals surface area (Å²) in [5.41, 5.74) is 3.81. The van der Waals surface area contributed by atoms with E-state index in [1.54, 1.807) is 23.9 Å². The number of carboxylic acid groups (broad SMARTS) is 2. The molecule has 0 spiro atoms. The Balaban J connectivity index is 1.95. The zero-order chi connectivity index (χ0) is 20.0. The molecule has 2 aromatic rings. The molecular formula is C22H26O4S. The molecule has 0 radical (unpaired) electrons. The highest BCUT2D eigenvalue weighted by molar-refractivity contribution is 7.99. The van der Waals surface area contributed by atoms with Crippen LogP contribution in [0.3, 0.4) is 0 Å². The molecule has 0 fully saturated rings. The highest BCUT2D eigenvalue weighted by Crippen LogP contribution is 2.27. The van der Waals surface area contributed by atoms with Gasteiger partial charge in [0.15, 0.2) is 0 Å². The van der Waals surface area contributed by atoms with Crippen LogP contribution in [-0.4, -0.2) is 27.9 Å². The Labute approximate surface area is 164 Å². The van der Waals surface area contributed by atoms with Gasteiger partial charge < -0.3 is 10.2 Å². The summed E-state index contributed by atoms with van der Waals surface area (Å²) in [5, 5.41) is 18.5. The minimum atomic E-state index is -0.893. The fraction of sp³-hybridized carbons (Fsp3) is 0.364. The van der Waals surface area contributed by atoms with Crippen molar-refractivity contribution in [3.8, 4) is 0 Å². The number of carboxylic acids is 2. The minimum Gasteiger partial charge on any atom is -0.478 e. The smallest absolute Gasteiger partial charge is 0.336 e. The predicted octanol–water partition coefficient (Wildman–Crippen LogP) is 5.31. The molecule has 0 aromatic heterocycles. The van der Waals surface area contributed by atoms with Crippen LogP contribution in [0, 0.1) is 12.8 Å². The molecule has 0 aliphatic heterocycles. The SMILES string of the molecule is CCc1cc(CCC(C)CSc2cc(C)ccc2C(=O)O)ccc1C(=O)O. The van der Waals surface area contributed by atoms with Gasteiger partial charge >= 0.3 is 11.9 Å². The topological polar surface area (TPSA) is 74.6 Å². The van der Waals surface area contributed by atoms with Gasteiger partial charge in [-0.2, -0.15) is 0 Å². The molecule has 2 N–H and O–H groups in total. The molecule has 0 aliphatic carbocycles. The number of rotatable bonds is 9. The Kier molecular flexibility index (Phi) is 7.48. The Morgan fingerprint density at radius 2 is 1.70 bits per heavy atom. The molecule has 2 rings (SSSR count). The maximum atomic E-state index is 11.4. The average Bonchev–Trinajstić information content (AvgIpc) is 2.63. The summed E-state index contributed by atoms with van der Waals surface area (Å²) < 4.78 is 0. The molecule has 0 saturated heterocycles. The van der Waals surface area contributed by atoms with E-state index >= 15 is 0 Å². The monoisotopic (exact) mass is 386 g/mol. The first kappa shape index (κ1) is 21.0. The van der Waals surface area contributed by atoms with Crippen LogP contribution in [0.2, 0.25) is 0 Å². The van der Waals surface area contributed by atoms with Gasteiger partial charge in [-0.15, -0.1) is 11.8 Å². The first-order valence-corrected chi connectivity index (χ1v) is 10.1. The number of aromatic carboxylic acids is 2. The molecule has 0 aliphatic rings. The van der Waals surface area contributed by atoms with Gasteiger partial charge in [-0.05, 0) is 67.0 Å². The fourth-order valence-electron chi connectivity index (χ4n) is 2.96. The summed E-state index contributed by atoms with van der Waals surface area (Å²) >= 11 is 1.59. The summed E-state index contributed by atoms with van der Waals surface area (Å²) in [5.74, 6) is -0.509. The summed E-state index contributed by atoms with van der Waals surface area (Å²) in [6.45, 7) is 6.09. The predicted molar refractivity (Wildman–Crippen MR) is 109 cm³/mol. The van der Waals surface area contributed by atoms with E-state index in [4.69, 9.17) is 0 Å². The summed E-state index contributed by atoms with van der Waals surface area (Å²) in [6.07, 6.45) is 2.55. The highest BCUT2D eigenvalue weighted by atomic mass is 32.2. The van der Waals surface area contributed by atoms with Crippen molar-refractivity contribution in [1.29, 1.82) is 0 Å². The summed E-state index contributed by atoms with van der Waals surface area (Å²) in [4.78, 5) is 23.4. The van der Waals surface area contributed by atoms with E-state index in [1.165, 1.54) is 0 Å². The maximum absolute atomic E-state index is 11.4. The summed E-state index contributed by atoms with van der Waals surface area (Å²) in [6, 6.07) is 11.0. The van der Waals surface area contributed by atoms with Gasteiger partial charge in [0.05, 0.1) is 11.1 Å². The third kappa shape index (κ3) is 5.86. The molecule has 144 valence electrons. The molecule has 2 aromatic carbocycles. The molecule has 4 nitrogen and oxygen atoms in total. The van der Waals surface area contributed by atoms with Crippen LogP contribution < -0.4 is 0 Å². The Morgan fingerprint density at radius 3 is 2.33 bits per heavy atom. The Bertz CT molecular complexity index is 829. The van der Waals surface area contributed by atoms with E-state index in [0.29, 0.717) is 23.5 Å². The number of benzene rings is 2. The first-order chi connectivity index (χ1) is 12.8. The van der Waals surface area contributed by atoms with Crippen LogP contribution >= 0.6 is 11.8 Å². The van der Waals surface area contributed by atoms with Gasteiger partial charge in [-0.3, -0.25) is 0 Å².